The molecule has 0 atom stereocenters. The van der Waals surface area contributed by atoms with Crippen molar-refractivity contribution in [3.63, 3.8) is 0 Å². The molecular weight excluding hydrogens is 336 g/mol. The van der Waals surface area contributed by atoms with Crippen molar-refractivity contribution in [2.75, 3.05) is 5.32 Å². The van der Waals surface area contributed by atoms with Crippen molar-refractivity contribution in [1.29, 1.82) is 0 Å². The van der Waals surface area contributed by atoms with Crippen LogP contribution >= 0.6 is 0 Å². The van der Waals surface area contributed by atoms with E-state index >= 15 is 0 Å². The zero-order valence-electron chi connectivity index (χ0n) is 16.1. The molecule has 0 unspecified atom stereocenters. The average Bonchev–Trinajstić information content (AvgIpc) is 2.69. The SMILES string of the molecule is Cc1ccc(CNC(=O)C2CCC(C(=O)Nc3ccccc3C)CC2)cc1. The van der Waals surface area contributed by atoms with Crippen molar-refractivity contribution in [2.24, 2.45) is 11.8 Å². The Morgan fingerprint density at radius 1 is 0.852 bits per heavy atom. The summed E-state index contributed by atoms with van der Waals surface area (Å²) in [7, 11) is 0. The Labute approximate surface area is 161 Å². The third-order valence-electron chi connectivity index (χ3n) is 5.46. The summed E-state index contributed by atoms with van der Waals surface area (Å²) in [5.41, 5.74) is 4.27. The summed E-state index contributed by atoms with van der Waals surface area (Å²) in [5, 5.41) is 6.08. The zero-order valence-corrected chi connectivity index (χ0v) is 16.1. The molecule has 27 heavy (non-hydrogen) atoms. The first kappa shape index (κ1) is 19.2. The van der Waals surface area contributed by atoms with E-state index in [1.807, 2.05) is 43.3 Å². The van der Waals surface area contributed by atoms with E-state index in [0.29, 0.717) is 6.54 Å². The van der Waals surface area contributed by atoms with Crippen LogP contribution in [0.15, 0.2) is 48.5 Å². The van der Waals surface area contributed by atoms with Crippen LogP contribution in [0.4, 0.5) is 5.69 Å². The third kappa shape index (κ3) is 5.19. The zero-order chi connectivity index (χ0) is 19.2. The molecule has 0 bridgehead atoms. The van der Waals surface area contributed by atoms with Crippen molar-refractivity contribution in [1.82, 2.24) is 5.32 Å². The van der Waals surface area contributed by atoms with Gasteiger partial charge in [0.1, 0.15) is 0 Å². The van der Waals surface area contributed by atoms with Gasteiger partial charge in [-0.15, -0.1) is 0 Å². The van der Waals surface area contributed by atoms with E-state index in [4.69, 9.17) is 0 Å². The number of carbonyl (C=O) groups excluding carboxylic acids is 2. The summed E-state index contributed by atoms with van der Waals surface area (Å²) >= 11 is 0. The number of aryl methyl sites for hydroxylation is 2. The summed E-state index contributed by atoms with van der Waals surface area (Å²) in [4.78, 5) is 25.0. The van der Waals surface area contributed by atoms with Crippen LogP contribution in [-0.4, -0.2) is 11.8 Å². The van der Waals surface area contributed by atoms with Crippen LogP contribution in [0.3, 0.4) is 0 Å². The van der Waals surface area contributed by atoms with Gasteiger partial charge >= 0.3 is 0 Å². The maximum Gasteiger partial charge on any atom is 0.227 e. The van der Waals surface area contributed by atoms with E-state index in [1.54, 1.807) is 0 Å². The standard InChI is InChI=1S/C23H28N2O2/c1-16-7-9-18(10-8-16)15-24-22(26)19-11-13-20(14-12-19)23(27)25-21-6-4-3-5-17(21)2/h3-10,19-20H,11-15H2,1-2H3,(H,24,26)(H,25,27). The lowest BCUT2D eigenvalue weighted by molar-refractivity contribution is -0.128. The second-order valence-electron chi connectivity index (χ2n) is 7.56. The lowest BCUT2D eigenvalue weighted by atomic mass is 9.81. The van der Waals surface area contributed by atoms with Crippen LogP contribution in [0.2, 0.25) is 0 Å². The van der Waals surface area contributed by atoms with Gasteiger partial charge in [-0.25, -0.2) is 0 Å². The minimum Gasteiger partial charge on any atom is -0.352 e. The number of para-hydroxylation sites is 1. The summed E-state index contributed by atoms with van der Waals surface area (Å²) in [6, 6.07) is 16.0. The van der Waals surface area contributed by atoms with E-state index in [-0.39, 0.29) is 23.7 Å². The molecule has 0 saturated heterocycles. The van der Waals surface area contributed by atoms with Gasteiger partial charge in [-0.3, -0.25) is 9.59 Å². The van der Waals surface area contributed by atoms with Crippen LogP contribution in [0.25, 0.3) is 0 Å². The van der Waals surface area contributed by atoms with Gasteiger partial charge in [0.05, 0.1) is 0 Å². The second kappa shape index (κ2) is 8.85. The summed E-state index contributed by atoms with van der Waals surface area (Å²) in [5.74, 6) is 0.180. The topological polar surface area (TPSA) is 58.2 Å². The maximum atomic E-state index is 12.5. The quantitative estimate of drug-likeness (QED) is 0.828. The number of rotatable bonds is 5. The van der Waals surface area contributed by atoms with Gasteiger partial charge in [0.25, 0.3) is 0 Å². The van der Waals surface area contributed by atoms with Crippen LogP contribution in [0.5, 0.6) is 0 Å². The number of carbonyl (C=O) groups is 2. The molecule has 3 rings (SSSR count). The number of hydrogen-bond donors (Lipinski definition) is 2. The van der Waals surface area contributed by atoms with Gasteiger partial charge in [-0.1, -0.05) is 48.0 Å². The van der Waals surface area contributed by atoms with Crippen LogP contribution in [-0.2, 0) is 16.1 Å². The molecule has 142 valence electrons. The maximum absolute atomic E-state index is 12.5. The largest absolute Gasteiger partial charge is 0.352 e. The predicted octanol–water partition coefficient (Wildman–Crippen LogP) is 4.36. The van der Waals surface area contributed by atoms with E-state index in [0.717, 1.165) is 42.5 Å². The second-order valence-corrected chi connectivity index (χ2v) is 7.56. The fourth-order valence-electron chi connectivity index (χ4n) is 3.61. The summed E-state index contributed by atoms with van der Waals surface area (Å²) in [6.07, 6.45) is 3.07. The average molecular weight is 364 g/mol. The molecule has 2 aromatic rings. The normalized spacial score (nSPS) is 19.3. The van der Waals surface area contributed by atoms with E-state index in [2.05, 4.69) is 29.7 Å². The van der Waals surface area contributed by atoms with Crippen molar-refractivity contribution in [3.05, 3.63) is 65.2 Å². The lowest BCUT2D eigenvalue weighted by Gasteiger charge is -2.27. The van der Waals surface area contributed by atoms with Crippen molar-refractivity contribution < 1.29 is 9.59 Å². The highest BCUT2D eigenvalue weighted by Gasteiger charge is 2.30. The van der Waals surface area contributed by atoms with Gasteiger partial charge in [0.2, 0.25) is 11.8 Å². The van der Waals surface area contributed by atoms with Gasteiger partial charge < -0.3 is 10.6 Å². The Hall–Kier alpha value is -2.62. The van der Waals surface area contributed by atoms with Gasteiger partial charge in [-0.05, 0) is 56.7 Å². The van der Waals surface area contributed by atoms with Crippen LogP contribution in [0, 0.1) is 25.7 Å². The molecule has 2 aromatic carbocycles. The van der Waals surface area contributed by atoms with Crippen molar-refractivity contribution in [3.8, 4) is 0 Å². The number of hydrogen-bond acceptors (Lipinski definition) is 2. The fraction of sp³-hybridized carbons (Fsp3) is 0.391. The molecule has 1 aliphatic rings. The molecule has 1 saturated carbocycles. The highest BCUT2D eigenvalue weighted by atomic mass is 16.2. The molecule has 1 fully saturated rings. The first-order chi connectivity index (χ1) is 13.0. The number of anilines is 1. The first-order valence-corrected chi connectivity index (χ1v) is 9.72. The minimum atomic E-state index is -0.00856. The lowest BCUT2D eigenvalue weighted by Crippen LogP contribution is -2.35. The van der Waals surface area contributed by atoms with Gasteiger partial charge in [-0.2, -0.15) is 0 Å². The molecule has 0 heterocycles. The summed E-state index contributed by atoms with van der Waals surface area (Å²) < 4.78 is 0. The summed E-state index contributed by atoms with van der Waals surface area (Å²) in [6.45, 7) is 4.60. The molecular formula is C23H28N2O2. The van der Waals surface area contributed by atoms with Crippen molar-refractivity contribution >= 4 is 17.5 Å². The number of nitrogens with one attached hydrogen (secondary N) is 2. The Kier molecular flexibility index (Phi) is 6.28. The molecule has 0 aromatic heterocycles. The predicted molar refractivity (Wildman–Crippen MR) is 108 cm³/mol. The van der Waals surface area contributed by atoms with Crippen LogP contribution in [0.1, 0.15) is 42.4 Å². The third-order valence-corrected chi connectivity index (χ3v) is 5.46. The van der Waals surface area contributed by atoms with Gasteiger partial charge in [0.15, 0.2) is 0 Å². The number of benzene rings is 2. The minimum absolute atomic E-state index is 0.00856. The molecule has 4 heteroatoms. The number of amides is 2. The molecule has 0 radical (unpaired) electrons. The molecule has 0 spiro atoms. The Bertz CT molecular complexity index is 790. The molecule has 0 aliphatic heterocycles. The Balaban J connectivity index is 1.45. The molecule has 4 nitrogen and oxygen atoms in total. The van der Waals surface area contributed by atoms with Crippen molar-refractivity contribution in [2.45, 2.75) is 46.1 Å². The molecule has 2 amide bonds. The Morgan fingerprint density at radius 2 is 1.44 bits per heavy atom. The van der Waals surface area contributed by atoms with Crippen LogP contribution < -0.4 is 10.6 Å². The van der Waals surface area contributed by atoms with E-state index in [1.165, 1.54) is 5.56 Å². The first-order valence-electron chi connectivity index (χ1n) is 9.72. The highest BCUT2D eigenvalue weighted by molar-refractivity contribution is 5.93. The highest BCUT2D eigenvalue weighted by Crippen LogP contribution is 2.30. The van der Waals surface area contributed by atoms with E-state index in [9.17, 15) is 9.59 Å². The van der Waals surface area contributed by atoms with Gasteiger partial charge in [0, 0.05) is 24.1 Å². The molecule has 1 aliphatic carbocycles. The monoisotopic (exact) mass is 364 g/mol. The fourth-order valence-corrected chi connectivity index (χ4v) is 3.61. The Morgan fingerprint density at radius 3 is 2.07 bits per heavy atom. The van der Waals surface area contributed by atoms with E-state index < -0.39 is 0 Å². The smallest absolute Gasteiger partial charge is 0.227 e. The molecule has 2 N–H and O–H groups in total.